The number of aromatic nitrogens is 2. The minimum absolute atomic E-state index is 0.668. The summed E-state index contributed by atoms with van der Waals surface area (Å²) in [6.07, 6.45) is 6.20. The van der Waals surface area contributed by atoms with E-state index in [1.165, 1.54) is 24.1 Å². The van der Waals surface area contributed by atoms with Gasteiger partial charge in [0.05, 0.1) is 16.3 Å². The molecule has 6 heteroatoms. The second-order valence-electron chi connectivity index (χ2n) is 7.02. The second kappa shape index (κ2) is 7.61. The van der Waals surface area contributed by atoms with Gasteiger partial charge in [0.25, 0.3) is 0 Å². The monoisotopic (exact) mass is 367 g/mol. The van der Waals surface area contributed by atoms with Crippen molar-refractivity contribution < 1.29 is 0 Å². The number of anilines is 1. The highest BCUT2D eigenvalue weighted by atomic mass is 35.5. The molecule has 2 aromatic heterocycles. The first-order valence-electron chi connectivity index (χ1n) is 9.23. The van der Waals surface area contributed by atoms with Gasteiger partial charge >= 0.3 is 0 Å². The summed E-state index contributed by atoms with van der Waals surface area (Å²) >= 11 is 5.90. The van der Waals surface area contributed by atoms with Crippen molar-refractivity contribution >= 4 is 17.4 Å². The summed E-state index contributed by atoms with van der Waals surface area (Å²) in [6, 6.07) is 8.29. The van der Waals surface area contributed by atoms with Crippen molar-refractivity contribution in [2.45, 2.75) is 32.2 Å². The fourth-order valence-corrected chi connectivity index (χ4v) is 3.90. The highest BCUT2D eigenvalue weighted by Gasteiger charge is 2.23. The molecule has 5 nitrogen and oxygen atoms in total. The first-order chi connectivity index (χ1) is 12.7. The van der Waals surface area contributed by atoms with Crippen LogP contribution in [0.15, 0.2) is 24.4 Å². The Kier molecular flexibility index (Phi) is 5.05. The largest absolute Gasteiger partial charge is 0.353 e. The van der Waals surface area contributed by atoms with Crippen molar-refractivity contribution in [1.82, 2.24) is 14.9 Å². The summed E-state index contributed by atoms with van der Waals surface area (Å²) < 4.78 is 0. The lowest BCUT2D eigenvalue weighted by Crippen LogP contribution is -2.46. The van der Waals surface area contributed by atoms with Gasteiger partial charge in [-0.1, -0.05) is 11.6 Å². The average Bonchev–Trinajstić information content (AvgIpc) is 2.69. The van der Waals surface area contributed by atoms with Crippen LogP contribution in [0.5, 0.6) is 0 Å². The molecule has 0 radical (unpaired) electrons. The molecule has 0 spiro atoms. The molecular formula is C20H22ClN5. The Morgan fingerprint density at radius 1 is 1.12 bits per heavy atom. The molecular weight excluding hydrogens is 346 g/mol. The number of nitriles is 1. The van der Waals surface area contributed by atoms with Gasteiger partial charge in [0.1, 0.15) is 11.9 Å². The lowest BCUT2D eigenvalue weighted by Gasteiger charge is -2.36. The van der Waals surface area contributed by atoms with Crippen molar-refractivity contribution in [2.75, 3.05) is 31.1 Å². The van der Waals surface area contributed by atoms with E-state index in [9.17, 15) is 5.26 Å². The van der Waals surface area contributed by atoms with Crippen molar-refractivity contribution in [3.8, 4) is 6.07 Å². The number of aryl methyl sites for hydroxylation is 2. The van der Waals surface area contributed by atoms with E-state index in [0.717, 1.165) is 62.6 Å². The number of nitrogens with zero attached hydrogens (tertiary/aromatic N) is 5. The number of piperazine rings is 1. The number of hydrogen-bond acceptors (Lipinski definition) is 5. The summed E-state index contributed by atoms with van der Waals surface area (Å²) in [4.78, 5) is 13.9. The number of pyridine rings is 2. The van der Waals surface area contributed by atoms with Gasteiger partial charge in [-0.2, -0.15) is 5.26 Å². The molecule has 0 aromatic carbocycles. The van der Waals surface area contributed by atoms with Crippen LogP contribution >= 0.6 is 11.6 Å². The van der Waals surface area contributed by atoms with Gasteiger partial charge in [-0.15, -0.1) is 0 Å². The summed E-state index contributed by atoms with van der Waals surface area (Å²) in [5.41, 5.74) is 4.22. The molecule has 26 heavy (non-hydrogen) atoms. The third-order valence-corrected chi connectivity index (χ3v) is 5.47. The fraction of sp³-hybridized carbons (Fsp3) is 0.450. The summed E-state index contributed by atoms with van der Waals surface area (Å²) in [7, 11) is 0. The van der Waals surface area contributed by atoms with E-state index in [-0.39, 0.29) is 0 Å². The predicted octanol–water partition coefficient (Wildman–Crippen LogP) is 3.20. The van der Waals surface area contributed by atoms with Gasteiger partial charge in [-0.05, 0) is 49.4 Å². The Morgan fingerprint density at radius 2 is 1.92 bits per heavy atom. The zero-order valence-corrected chi connectivity index (χ0v) is 15.5. The molecule has 134 valence electrons. The van der Waals surface area contributed by atoms with Crippen molar-refractivity contribution in [2.24, 2.45) is 0 Å². The van der Waals surface area contributed by atoms with Gasteiger partial charge in [0.15, 0.2) is 0 Å². The maximum atomic E-state index is 9.57. The third kappa shape index (κ3) is 3.67. The number of halogens is 1. The Labute approximate surface area is 159 Å². The SMILES string of the molecule is N#Cc1cc2c(nc1N1CCN(Cc3ccc(Cl)cn3)CC1)CCCC2. The van der Waals surface area contributed by atoms with E-state index in [2.05, 4.69) is 26.9 Å². The first-order valence-corrected chi connectivity index (χ1v) is 9.61. The van der Waals surface area contributed by atoms with Crippen LogP contribution in [0, 0.1) is 11.3 Å². The van der Waals surface area contributed by atoms with Crippen LogP contribution in [0.3, 0.4) is 0 Å². The maximum Gasteiger partial charge on any atom is 0.146 e. The second-order valence-corrected chi connectivity index (χ2v) is 7.45. The van der Waals surface area contributed by atoms with Gasteiger partial charge in [-0.25, -0.2) is 4.98 Å². The van der Waals surface area contributed by atoms with E-state index < -0.39 is 0 Å². The number of rotatable bonds is 3. The number of fused-ring (bicyclic) bond motifs is 1. The molecule has 2 aromatic rings. The van der Waals surface area contributed by atoms with Crippen LogP contribution in [-0.4, -0.2) is 41.0 Å². The molecule has 1 aliphatic carbocycles. The zero-order valence-electron chi connectivity index (χ0n) is 14.8. The Balaban J connectivity index is 1.44. The lowest BCUT2D eigenvalue weighted by molar-refractivity contribution is 0.246. The molecule has 3 heterocycles. The van der Waals surface area contributed by atoms with Gasteiger partial charge in [0, 0.05) is 44.6 Å². The molecule has 0 saturated carbocycles. The van der Waals surface area contributed by atoms with Crippen molar-refractivity contribution in [3.05, 3.63) is 51.9 Å². The fourth-order valence-electron chi connectivity index (χ4n) is 3.79. The van der Waals surface area contributed by atoms with Crippen LogP contribution in [0.4, 0.5) is 5.82 Å². The minimum atomic E-state index is 0.668. The van der Waals surface area contributed by atoms with Gasteiger partial charge < -0.3 is 4.90 Å². The summed E-state index contributed by atoms with van der Waals surface area (Å²) in [6.45, 7) is 4.47. The smallest absolute Gasteiger partial charge is 0.146 e. The molecule has 0 unspecified atom stereocenters. The molecule has 0 atom stereocenters. The molecule has 1 fully saturated rings. The molecule has 1 saturated heterocycles. The van der Waals surface area contributed by atoms with Crippen molar-refractivity contribution in [1.29, 1.82) is 5.26 Å². The molecule has 1 aliphatic heterocycles. The van der Waals surface area contributed by atoms with Crippen molar-refractivity contribution in [3.63, 3.8) is 0 Å². The van der Waals surface area contributed by atoms with E-state index in [0.29, 0.717) is 5.02 Å². The average molecular weight is 368 g/mol. The molecule has 2 aliphatic rings. The molecule has 4 rings (SSSR count). The van der Waals surface area contributed by atoms with Crippen LogP contribution in [0.1, 0.15) is 35.4 Å². The number of hydrogen-bond donors (Lipinski definition) is 0. The van der Waals surface area contributed by atoms with Gasteiger partial charge in [-0.3, -0.25) is 9.88 Å². The van der Waals surface area contributed by atoms with Gasteiger partial charge in [0.2, 0.25) is 0 Å². The molecule has 0 amide bonds. The van der Waals surface area contributed by atoms with Crippen LogP contribution in [0.2, 0.25) is 5.02 Å². The molecule has 0 bridgehead atoms. The van der Waals surface area contributed by atoms with E-state index >= 15 is 0 Å². The Bertz CT molecular complexity index is 819. The standard InChI is InChI=1S/C20H22ClN5/c21-17-5-6-18(23-13-17)14-25-7-9-26(10-8-25)20-16(12-22)11-15-3-1-2-4-19(15)24-20/h5-6,11,13H,1-4,7-10,14H2. The highest BCUT2D eigenvalue weighted by Crippen LogP contribution is 2.27. The summed E-state index contributed by atoms with van der Waals surface area (Å²) in [5.74, 6) is 0.873. The summed E-state index contributed by atoms with van der Waals surface area (Å²) in [5, 5.41) is 10.2. The predicted molar refractivity (Wildman–Crippen MR) is 102 cm³/mol. The topological polar surface area (TPSA) is 56.1 Å². The Hall–Kier alpha value is -2.16. The highest BCUT2D eigenvalue weighted by molar-refractivity contribution is 6.30. The third-order valence-electron chi connectivity index (χ3n) is 5.25. The quantitative estimate of drug-likeness (QED) is 0.833. The van der Waals surface area contributed by atoms with Crippen LogP contribution < -0.4 is 4.90 Å². The minimum Gasteiger partial charge on any atom is -0.353 e. The maximum absolute atomic E-state index is 9.57. The Morgan fingerprint density at radius 3 is 2.65 bits per heavy atom. The zero-order chi connectivity index (χ0) is 17.9. The normalized spacial score (nSPS) is 17.6. The van der Waals surface area contributed by atoms with E-state index in [1.807, 2.05) is 12.1 Å². The van der Waals surface area contributed by atoms with Crippen LogP contribution in [0.25, 0.3) is 0 Å². The molecule has 0 N–H and O–H groups in total. The first kappa shape index (κ1) is 17.3. The van der Waals surface area contributed by atoms with E-state index in [4.69, 9.17) is 16.6 Å². The lowest BCUT2D eigenvalue weighted by atomic mass is 9.95. The van der Waals surface area contributed by atoms with Crippen LogP contribution in [-0.2, 0) is 19.4 Å². The van der Waals surface area contributed by atoms with E-state index in [1.54, 1.807) is 6.20 Å².